The zero-order valence-electron chi connectivity index (χ0n) is 13.9. The number of anilines is 2. The predicted octanol–water partition coefficient (Wildman–Crippen LogP) is 2.36. The van der Waals surface area contributed by atoms with Crippen LogP contribution in [-0.2, 0) is 6.67 Å². The van der Waals surface area contributed by atoms with Gasteiger partial charge < -0.3 is 15.8 Å². The van der Waals surface area contributed by atoms with Gasteiger partial charge in [0.1, 0.15) is 23.7 Å². The highest BCUT2D eigenvalue weighted by Gasteiger charge is 2.23. The number of nitrogens with zero attached hydrogens (tertiary/aromatic N) is 4. The fourth-order valence-electron chi connectivity index (χ4n) is 2.71. The molecule has 4 rings (SSSR count). The molecule has 0 unspecified atom stereocenters. The monoisotopic (exact) mass is 356 g/mol. The summed E-state index contributed by atoms with van der Waals surface area (Å²) in [6.45, 7) is -0.745. The highest BCUT2D eigenvalue weighted by Crippen LogP contribution is 2.30. The SMILES string of the molecule is Nc1nn2ccc(CF)nc2c1C(=O)Nc1cnccc1OC1CCC1. The lowest BCUT2D eigenvalue weighted by atomic mass is 9.96. The van der Waals surface area contributed by atoms with Crippen molar-refractivity contribution in [3.8, 4) is 5.75 Å². The van der Waals surface area contributed by atoms with E-state index in [1.54, 1.807) is 12.3 Å². The minimum Gasteiger partial charge on any atom is -0.488 e. The van der Waals surface area contributed by atoms with Crippen molar-refractivity contribution >= 4 is 23.1 Å². The summed E-state index contributed by atoms with van der Waals surface area (Å²) in [7, 11) is 0. The minimum atomic E-state index is -0.745. The van der Waals surface area contributed by atoms with Gasteiger partial charge in [0.25, 0.3) is 5.91 Å². The lowest BCUT2D eigenvalue weighted by Gasteiger charge is -2.27. The number of ether oxygens (including phenoxy) is 1. The molecule has 1 aliphatic carbocycles. The Bertz CT molecular complexity index is 969. The van der Waals surface area contributed by atoms with Crippen LogP contribution in [0.2, 0.25) is 0 Å². The first-order valence-corrected chi connectivity index (χ1v) is 8.27. The Hall–Kier alpha value is -3.23. The van der Waals surface area contributed by atoms with Crippen molar-refractivity contribution in [1.82, 2.24) is 19.6 Å². The van der Waals surface area contributed by atoms with Crippen molar-refractivity contribution in [3.63, 3.8) is 0 Å². The molecule has 0 radical (unpaired) electrons. The molecule has 1 aliphatic rings. The van der Waals surface area contributed by atoms with Crippen molar-refractivity contribution < 1.29 is 13.9 Å². The number of fused-ring (bicyclic) bond motifs is 1. The highest BCUT2D eigenvalue weighted by atomic mass is 19.1. The minimum absolute atomic E-state index is 0.0105. The number of nitrogen functional groups attached to an aromatic ring is 1. The highest BCUT2D eigenvalue weighted by molar-refractivity contribution is 6.12. The van der Waals surface area contributed by atoms with Crippen LogP contribution in [0.1, 0.15) is 35.3 Å². The van der Waals surface area contributed by atoms with Crippen molar-refractivity contribution in [1.29, 1.82) is 0 Å². The summed E-state index contributed by atoms with van der Waals surface area (Å²) in [5.41, 5.74) is 6.78. The van der Waals surface area contributed by atoms with Gasteiger partial charge in [0.05, 0.1) is 18.0 Å². The van der Waals surface area contributed by atoms with Crippen LogP contribution >= 0.6 is 0 Å². The van der Waals surface area contributed by atoms with Crippen molar-refractivity contribution in [3.05, 3.63) is 42.0 Å². The van der Waals surface area contributed by atoms with Crippen LogP contribution in [0.15, 0.2) is 30.7 Å². The Kier molecular flexibility index (Phi) is 4.11. The second-order valence-corrected chi connectivity index (χ2v) is 6.08. The lowest BCUT2D eigenvalue weighted by molar-refractivity contribution is 0.102. The van der Waals surface area contributed by atoms with Crippen LogP contribution in [0.4, 0.5) is 15.9 Å². The van der Waals surface area contributed by atoms with E-state index in [1.807, 2.05) is 0 Å². The van der Waals surface area contributed by atoms with Crippen LogP contribution in [0.3, 0.4) is 0 Å². The molecule has 0 aromatic carbocycles. The van der Waals surface area contributed by atoms with Crippen molar-refractivity contribution in [2.24, 2.45) is 0 Å². The molecule has 3 N–H and O–H groups in total. The molecule has 0 spiro atoms. The topological polar surface area (TPSA) is 107 Å². The molecule has 0 atom stereocenters. The maximum atomic E-state index is 12.9. The molecule has 0 saturated heterocycles. The molecule has 3 heterocycles. The first-order valence-electron chi connectivity index (χ1n) is 8.27. The molecule has 1 fully saturated rings. The van der Waals surface area contributed by atoms with Crippen molar-refractivity contribution in [2.45, 2.75) is 32.0 Å². The molecule has 134 valence electrons. The van der Waals surface area contributed by atoms with E-state index in [2.05, 4.69) is 20.4 Å². The summed E-state index contributed by atoms with van der Waals surface area (Å²) < 4.78 is 20.1. The molecule has 1 amide bonds. The second kappa shape index (κ2) is 6.58. The second-order valence-electron chi connectivity index (χ2n) is 6.08. The van der Waals surface area contributed by atoms with Crippen LogP contribution < -0.4 is 15.8 Å². The summed E-state index contributed by atoms with van der Waals surface area (Å²) in [6, 6.07) is 3.18. The zero-order valence-corrected chi connectivity index (χ0v) is 13.9. The summed E-state index contributed by atoms with van der Waals surface area (Å²) >= 11 is 0. The van der Waals surface area contributed by atoms with Gasteiger partial charge in [-0.05, 0) is 25.3 Å². The Balaban J connectivity index is 1.65. The van der Waals surface area contributed by atoms with Crippen molar-refractivity contribution in [2.75, 3.05) is 11.1 Å². The Labute approximate surface area is 148 Å². The number of pyridine rings is 1. The summed E-state index contributed by atoms with van der Waals surface area (Å²) in [6.07, 6.45) is 7.90. The van der Waals surface area contributed by atoms with Crippen LogP contribution in [-0.4, -0.2) is 31.6 Å². The van der Waals surface area contributed by atoms with E-state index in [9.17, 15) is 9.18 Å². The lowest BCUT2D eigenvalue weighted by Crippen LogP contribution is -2.25. The van der Waals surface area contributed by atoms with Crippen LogP contribution in [0.5, 0.6) is 5.75 Å². The van der Waals surface area contributed by atoms with Gasteiger partial charge in [-0.3, -0.25) is 9.78 Å². The van der Waals surface area contributed by atoms with E-state index < -0.39 is 12.6 Å². The third-order valence-corrected chi connectivity index (χ3v) is 4.31. The smallest absolute Gasteiger partial charge is 0.263 e. The number of nitrogens with two attached hydrogens (primary N) is 1. The first-order chi connectivity index (χ1) is 12.7. The Morgan fingerprint density at radius 3 is 3.00 bits per heavy atom. The largest absolute Gasteiger partial charge is 0.488 e. The number of hydrogen-bond acceptors (Lipinski definition) is 6. The van der Waals surface area contributed by atoms with E-state index in [1.165, 1.54) is 23.0 Å². The summed E-state index contributed by atoms with van der Waals surface area (Å²) in [5, 5.41) is 6.79. The van der Waals surface area contributed by atoms with Gasteiger partial charge in [0.15, 0.2) is 11.5 Å². The van der Waals surface area contributed by atoms with Gasteiger partial charge in [0.2, 0.25) is 0 Å². The summed E-state index contributed by atoms with van der Waals surface area (Å²) in [5.74, 6) is 0.0503. The number of alkyl halides is 1. The molecule has 0 aliphatic heterocycles. The fourth-order valence-corrected chi connectivity index (χ4v) is 2.71. The quantitative estimate of drug-likeness (QED) is 0.727. The maximum Gasteiger partial charge on any atom is 0.263 e. The van der Waals surface area contributed by atoms with Gasteiger partial charge in [-0.25, -0.2) is 13.9 Å². The molecule has 0 bridgehead atoms. The Morgan fingerprint density at radius 1 is 1.42 bits per heavy atom. The molecular formula is C17H17FN6O2. The number of hydrogen-bond donors (Lipinski definition) is 2. The molecule has 26 heavy (non-hydrogen) atoms. The number of aromatic nitrogens is 4. The van der Waals surface area contributed by atoms with E-state index in [-0.39, 0.29) is 28.8 Å². The number of nitrogens with one attached hydrogen (secondary N) is 1. The average molecular weight is 356 g/mol. The number of carbonyl (C=O) groups excluding carboxylic acids is 1. The molecule has 3 aromatic rings. The molecular weight excluding hydrogens is 339 g/mol. The average Bonchev–Trinajstić information content (AvgIpc) is 2.94. The number of halogens is 1. The number of rotatable bonds is 5. The fraction of sp³-hybridized carbons (Fsp3) is 0.294. The van der Waals surface area contributed by atoms with E-state index in [0.29, 0.717) is 11.4 Å². The predicted molar refractivity (Wildman–Crippen MR) is 92.7 cm³/mol. The van der Waals surface area contributed by atoms with Gasteiger partial charge in [-0.2, -0.15) is 0 Å². The van der Waals surface area contributed by atoms with Gasteiger partial charge in [-0.15, -0.1) is 5.10 Å². The van der Waals surface area contributed by atoms with E-state index >= 15 is 0 Å². The molecule has 9 heteroatoms. The first kappa shape index (κ1) is 16.2. The van der Waals surface area contributed by atoms with Gasteiger partial charge in [-0.1, -0.05) is 0 Å². The Morgan fingerprint density at radius 2 is 2.27 bits per heavy atom. The molecule has 1 saturated carbocycles. The van der Waals surface area contributed by atoms with E-state index in [4.69, 9.17) is 10.5 Å². The van der Waals surface area contributed by atoms with Crippen LogP contribution in [0.25, 0.3) is 5.65 Å². The van der Waals surface area contributed by atoms with E-state index in [0.717, 1.165) is 19.3 Å². The number of carbonyl (C=O) groups is 1. The van der Waals surface area contributed by atoms with Crippen LogP contribution in [0, 0.1) is 0 Å². The maximum absolute atomic E-state index is 12.9. The van der Waals surface area contributed by atoms with Gasteiger partial charge in [0, 0.05) is 18.5 Å². The standard InChI is InChI=1S/C17H17FN6O2/c18-8-10-5-7-24-16(21-10)14(15(19)23-24)17(25)22-12-9-20-6-4-13(12)26-11-2-1-3-11/h4-7,9,11H,1-3,8H2,(H2,19,23)(H,22,25). The zero-order chi connectivity index (χ0) is 18.1. The molecule has 3 aromatic heterocycles. The van der Waals surface area contributed by atoms with Gasteiger partial charge >= 0.3 is 0 Å². The number of amides is 1. The summed E-state index contributed by atoms with van der Waals surface area (Å²) in [4.78, 5) is 20.9. The third kappa shape index (κ3) is 2.92. The normalized spacial score (nSPS) is 14.2. The molecule has 8 nitrogen and oxygen atoms in total. The third-order valence-electron chi connectivity index (χ3n) is 4.31.